The zero-order chi connectivity index (χ0) is 28.0. The Hall–Kier alpha value is -2.89. The van der Waals surface area contributed by atoms with Crippen LogP contribution in [-0.4, -0.2) is 58.4 Å². The first-order valence-electron chi connectivity index (χ1n) is 12.1. The van der Waals surface area contributed by atoms with E-state index in [1.54, 1.807) is 39.3 Å². The molecule has 0 aromatic carbocycles. The standard InChI is InChI=1S/C25H31Cl2N5O5S/c1-25(2,3)37-24(36)32(4)12-14-13-38-20(19(14)27)21(33)29-16-7-5-6-8-17(16)30-22(34)23(35)31-18-10-9-15(26)11-28-18/h9-11,13,16-17H,5-8,12H2,1-4H3,(H,29,33)(H,30,34)(H,28,31,35)/t16-,17+/m1/s1. The van der Waals surface area contributed by atoms with Crippen molar-refractivity contribution in [1.82, 2.24) is 20.5 Å². The van der Waals surface area contributed by atoms with Gasteiger partial charge in [-0.1, -0.05) is 36.0 Å². The quantitative estimate of drug-likeness (QED) is 0.426. The summed E-state index contributed by atoms with van der Waals surface area (Å²) >= 11 is 13.5. The van der Waals surface area contributed by atoms with E-state index < -0.39 is 29.6 Å². The molecule has 2 atom stereocenters. The average molecular weight is 585 g/mol. The fraction of sp³-hybridized carbons (Fsp3) is 0.480. The van der Waals surface area contributed by atoms with Crippen LogP contribution in [0.15, 0.2) is 23.7 Å². The van der Waals surface area contributed by atoms with Gasteiger partial charge in [-0.05, 0) is 51.1 Å². The molecular formula is C25H31Cl2N5O5S. The molecule has 1 aliphatic carbocycles. The maximum absolute atomic E-state index is 13.1. The molecular weight excluding hydrogens is 553 g/mol. The van der Waals surface area contributed by atoms with Crippen molar-refractivity contribution in [1.29, 1.82) is 0 Å². The molecule has 1 fully saturated rings. The number of hydrogen-bond donors (Lipinski definition) is 3. The number of anilines is 1. The summed E-state index contributed by atoms with van der Waals surface area (Å²) in [5, 5.41) is 10.5. The molecule has 0 radical (unpaired) electrons. The minimum Gasteiger partial charge on any atom is -0.444 e. The summed E-state index contributed by atoms with van der Waals surface area (Å²) in [6.07, 6.45) is 3.81. The molecule has 13 heteroatoms. The van der Waals surface area contributed by atoms with Crippen molar-refractivity contribution in [3.05, 3.63) is 44.2 Å². The molecule has 1 aliphatic rings. The van der Waals surface area contributed by atoms with Crippen LogP contribution in [0.2, 0.25) is 10.0 Å². The summed E-state index contributed by atoms with van der Waals surface area (Å²) in [5.41, 5.74) is -0.00932. The number of nitrogens with one attached hydrogen (secondary N) is 3. The SMILES string of the molecule is CN(Cc1csc(C(=O)N[C@@H]2CCCC[C@@H]2NC(=O)C(=O)Nc2ccc(Cl)cn2)c1Cl)C(=O)OC(C)(C)C. The third kappa shape index (κ3) is 8.31. The van der Waals surface area contributed by atoms with E-state index in [2.05, 4.69) is 20.9 Å². The molecule has 0 spiro atoms. The molecule has 0 saturated heterocycles. The summed E-state index contributed by atoms with van der Waals surface area (Å²) in [6, 6.07) is 2.22. The van der Waals surface area contributed by atoms with Crippen molar-refractivity contribution in [2.45, 2.75) is 70.7 Å². The molecule has 4 amide bonds. The lowest BCUT2D eigenvalue weighted by Crippen LogP contribution is -2.54. The predicted octanol–water partition coefficient (Wildman–Crippen LogP) is 4.61. The van der Waals surface area contributed by atoms with Gasteiger partial charge in [-0.15, -0.1) is 11.3 Å². The van der Waals surface area contributed by atoms with E-state index in [-0.39, 0.29) is 29.3 Å². The number of carbonyl (C=O) groups is 4. The van der Waals surface area contributed by atoms with Crippen LogP contribution in [-0.2, 0) is 20.9 Å². The van der Waals surface area contributed by atoms with Crippen molar-refractivity contribution < 1.29 is 23.9 Å². The van der Waals surface area contributed by atoms with Gasteiger partial charge in [0.25, 0.3) is 5.91 Å². The molecule has 0 aliphatic heterocycles. The molecule has 3 rings (SSSR count). The van der Waals surface area contributed by atoms with Gasteiger partial charge in [0, 0.05) is 30.9 Å². The largest absolute Gasteiger partial charge is 0.444 e. The first-order valence-corrected chi connectivity index (χ1v) is 13.7. The Kier molecular flexibility index (Phi) is 9.97. The fourth-order valence-electron chi connectivity index (χ4n) is 3.87. The van der Waals surface area contributed by atoms with Crippen LogP contribution in [0, 0.1) is 0 Å². The zero-order valence-electron chi connectivity index (χ0n) is 21.6. The van der Waals surface area contributed by atoms with Gasteiger partial charge in [-0.2, -0.15) is 0 Å². The molecule has 2 aromatic rings. The first kappa shape index (κ1) is 29.7. The predicted molar refractivity (Wildman–Crippen MR) is 147 cm³/mol. The number of rotatable bonds is 6. The van der Waals surface area contributed by atoms with Gasteiger partial charge >= 0.3 is 17.9 Å². The highest BCUT2D eigenvalue weighted by atomic mass is 35.5. The van der Waals surface area contributed by atoms with E-state index in [0.29, 0.717) is 28.3 Å². The van der Waals surface area contributed by atoms with Gasteiger partial charge in [0.1, 0.15) is 16.3 Å². The third-order valence-corrected chi connectivity index (χ3v) is 7.49. The van der Waals surface area contributed by atoms with Crippen LogP contribution in [0.1, 0.15) is 61.7 Å². The van der Waals surface area contributed by atoms with E-state index >= 15 is 0 Å². The van der Waals surface area contributed by atoms with Crippen molar-refractivity contribution in [2.75, 3.05) is 12.4 Å². The fourth-order valence-corrected chi connectivity index (χ4v) is 5.23. The number of carbonyl (C=O) groups excluding carboxylic acids is 4. The van der Waals surface area contributed by atoms with Gasteiger partial charge in [-0.25, -0.2) is 9.78 Å². The highest BCUT2D eigenvalue weighted by Crippen LogP contribution is 2.30. The van der Waals surface area contributed by atoms with Crippen molar-refractivity contribution in [3.8, 4) is 0 Å². The first-order chi connectivity index (χ1) is 17.8. The number of aromatic nitrogens is 1. The van der Waals surface area contributed by atoms with E-state index in [1.807, 2.05) is 0 Å². The molecule has 2 heterocycles. The Morgan fingerprint density at radius 2 is 1.74 bits per heavy atom. The van der Waals surface area contributed by atoms with Gasteiger partial charge in [0.05, 0.1) is 16.6 Å². The molecule has 0 unspecified atom stereocenters. The Balaban J connectivity index is 1.60. The second-order valence-corrected chi connectivity index (χ2v) is 11.7. The van der Waals surface area contributed by atoms with E-state index in [9.17, 15) is 19.2 Å². The van der Waals surface area contributed by atoms with Crippen LogP contribution < -0.4 is 16.0 Å². The number of halogens is 2. The van der Waals surface area contributed by atoms with E-state index in [4.69, 9.17) is 27.9 Å². The molecule has 0 bridgehead atoms. The monoisotopic (exact) mass is 583 g/mol. The van der Waals surface area contributed by atoms with E-state index in [0.717, 1.165) is 12.8 Å². The lowest BCUT2D eigenvalue weighted by molar-refractivity contribution is -0.136. The summed E-state index contributed by atoms with van der Waals surface area (Å²) in [6.45, 7) is 5.52. The minimum absolute atomic E-state index is 0.178. The lowest BCUT2D eigenvalue weighted by Gasteiger charge is -2.32. The molecule has 206 valence electrons. The van der Waals surface area contributed by atoms with Crippen LogP contribution >= 0.6 is 34.5 Å². The highest BCUT2D eigenvalue weighted by Gasteiger charge is 2.31. The Labute approximate surface area is 235 Å². The highest BCUT2D eigenvalue weighted by molar-refractivity contribution is 7.13. The van der Waals surface area contributed by atoms with Crippen LogP contribution in [0.3, 0.4) is 0 Å². The maximum atomic E-state index is 13.1. The topological polar surface area (TPSA) is 130 Å². The van der Waals surface area contributed by atoms with Crippen LogP contribution in [0.5, 0.6) is 0 Å². The number of ether oxygens (including phenoxy) is 1. The third-order valence-electron chi connectivity index (χ3n) is 5.69. The second-order valence-electron chi connectivity index (χ2n) is 10.0. The zero-order valence-corrected chi connectivity index (χ0v) is 23.9. The summed E-state index contributed by atoms with van der Waals surface area (Å²) in [5.74, 6) is -1.87. The van der Waals surface area contributed by atoms with E-state index in [1.165, 1.54) is 28.5 Å². The normalized spacial score (nSPS) is 17.3. The van der Waals surface area contributed by atoms with Crippen LogP contribution in [0.25, 0.3) is 0 Å². The molecule has 10 nitrogen and oxygen atoms in total. The number of nitrogens with zero attached hydrogens (tertiary/aromatic N) is 2. The number of amides is 4. The van der Waals surface area contributed by atoms with Crippen molar-refractivity contribution >= 4 is 64.2 Å². The summed E-state index contributed by atoms with van der Waals surface area (Å²) in [4.78, 5) is 55.9. The van der Waals surface area contributed by atoms with Crippen molar-refractivity contribution in [2.24, 2.45) is 0 Å². The molecule has 38 heavy (non-hydrogen) atoms. The number of thiophene rings is 1. The van der Waals surface area contributed by atoms with Gasteiger partial charge in [0.2, 0.25) is 0 Å². The summed E-state index contributed by atoms with van der Waals surface area (Å²) < 4.78 is 5.36. The Morgan fingerprint density at radius 1 is 1.08 bits per heavy atom. The van der Waals surface area contributed by atoms with Gasteiger partial charge < -0.3 is 25.6 Å². The molecule has 2 aromatic heterocycles. The number of pyridine rings is 1. The average Bonchev–Trinajstić information content (AvgIpc) is 3.20. The van der Waals surface area contributed by atoms with Crippen molar-refractivity contribution in [3.63, 3.8) is 0 Å². The summed E-state index contributed by atoms with van der Waals surface area (Å²) in [7, 11) is 1.59. The number of hydrogen-bond acceptors (Lipinski definition) is 7. The molecule has 1 saturated carbocycles. The minimum atomic E-state index is -0.865. The second kappa shape index (κ2) is 12.8. The lowest BCUT2D eigenvalue weighted by atomic mass is 9.90. The smallest absolute Gasteiger partial charge is 0.410 e. The maximum Gasteiger partial charge on any atom is 0.410 e. The van der Waals surface area contributed by atoms with Gasteiger partial charge in [-0.3, -0.25) is 14.4 Å². The Morgan fingerprint density at radius 3 is 2.34 bits per heavy atom. The Bertz CT molecular complexity index is 1180. The van der Waals surface area contributed by atoms with Gasteiger partial charge in [0.15, 0.2) is 0 Å². The molecule has 3 N–H and O–H groups in total. The van der Waals surface area contributed by atoms with Crippen LogP contribution in [0.4, 0.5) is 10.6 Å².